The van der Waals surface area contributed by atoms with Crippen LogP contribution in [0.15, 0.2) is 67.0 Å². The van der Waals surface area contributed by atoms with Crippen LogP contribution < -0.4 is 16.0 Å². The van der Waals surface area contributed by atoms with Crippen LogP contribution in [-0.4, -0.2) is 98.0 Å². The van der Waals surface area contributed by atoms with Gasteiger partial charge in [-0.3, -0.25) is 43.9 Å². The van der Waals surface area contributed by atoms with Crippen molar-refractivity contribution in [2.24, 2.45) is 0 Å². The molecular weight excluding hydrogens is 751 g/mol. The summed E-state index contributed by atoms with van der Waals surface area (Å²) < 4.78 is 7.85. The summed E-state index contributed by atoms with van der Waals surface area (Å²) in [5, 5.41) is 15.8. The Balaban J connectivity index is 0.832. The number of rotatable bonds is 10. The highest BCUT2D eigenvalue weighted by Crippen LogP contribution is 2.38. The van der Waals surface area contributed by atoms with Gasteiger partial charge in [-0.2, -0.15) is 5.10 Å². The normalized spacial score (nSPS) is 18.1. The van der Waals surface area contributed by atoms with Gasteiger partial charge >= 0.3 is 0 Å². The van der Waals surface area contributed by atoms with E-state index in [9.17, 15) is 24.0 Å². The van der Waals surface area contributed by atoms with Gasteiger partial charge in [0.05, 0.1) is 17.4 Å². The Hall–Kier alpha value is -6.48. The zero-order valence-corrected chi connectivity index (χ0v) is 32.8. The van der Waals surface area contributed by atoms with E-state index in [1.807, 2.05) is 35.4 Å². The second-order valence-electron chi connectivity index (χ2n) is 15.5. The van der Waals surface area contributed by atoms with Gasteiger partial charge in [0.15, 0.2) is 0 Å². The molecule has 0 saturated carbocycles. The van der Waals surface area contributed by atoms with E-state index in [0.29, 0.717) is 63.5 Å². The number of fused-ring (bicyclic) bond motifs is 3. The predicted molar refractivity (Wildman–Crippen MR) is 218 cm³/mol. The van der Waals surface area contributed by atoms with Gasteiger partial charge in [-0.1, -0.05) is 24.3 Å². The average molecular weight is 796 g/mol. The van der Waals surface area contributed by atoms with Crippen molar-refractivity contribution in [3.63, 3.8) is 0 Å². The lowest BCUT2D eigenvalue weighted by Gasteiger charge is -2.29. The van der Waals surface area contributed by atoms with Crippen molar-refractivity contribution in [2.75, 3.05) is 38.2 Å². The van der Waals surface area contributed by atoms with Crippen molar-refractivity contribution in [3.05, 3.63) is 95.1 Å². The van der Waals surface area contributed by atoms with Crippen molar-refractivity contribution in [3.8, 4) is 22.5 Å². The number of anilines is 1. The third-order valence-corrected chi connectivity index (χ3v) is 11.9. The third-order valence-electron chi connectivity index (χ3n) is 11.9. The van der Waals surface area contributed by atoms with E-state index in [1.165, 1.54) is 10.6 Å². The molecule has 3 aromatic heterocycles. The Morgan fingerprint density at radius 1 is 0.898 bits per heavy atom. The molecule has 0 spiro atoms. The number of amides is 5. The van der Waals surface area contributed by atoms with Crippen LogP contribution in [-0.2, 0) is 38.6 Å². The van der Waals surface area contributed by atoms with E-state index >= 15 is 0 Å². The molecule has 59 heavy (non-hydrogen) atoms. The van der Waals surface area contributed by atoms with Crippen molar-refractivity contribution in [2.45, 2.75) is 70.6 Å². The Morgan fingerprint density at radius 3 is 2.53 bits per heavy atom. The van der Waals surface area contributed by atoms with Crippen LogP contribution >= 0.6 is 0 Å². The largest absolute Gasteiger partial charge is 0.385 e. The summed E-state index contributed by atoms with van der Waals surface area (Å²) in [5.41, 5.74) is 8.13. The second kappa shape index (κ2) is 16.0. The third kappa shape index (κ3) is 7.42. The number of nitrogens with one attached hydrogen (secondary N) is 3. The molecule has 5 aromatic rings. The fraction of sp³-hybridized carbons (Fsp3) is 0.364. The van der Waals surface area contributed by atoms with Gasteiger partial charge in [0.2, 0.25) is 17.7 Å². The van der Waals surface area contributed by atoms with E-state index in [1.54, 1.807) is 31.3 Å². The van der Waals surface area contributed by atoms with Crippen molar-refractivity contribution < 1.29 is 28.7 Å². The fourth-order valence-corrected chi connectivity index (χ4v) is 8.73. The Labute approximate surface area is 340 Å². The molecule has 15 heteroatoms. The number of nitrogens with zero attached hydrogens (tertiary/aromatic N) is 6. The molecule has 1 unspecified atom stereocenters. The minimum Gasteiger partial charge on any atom is -0.385 e. The first-order valence-corrected chi connectivity index (χ1v) is 20.3. The number of carbonyl (C=O) groups is 5. The molecule has 5 amide bonds. The summed E-state index contributed by atoms with van der Waals surface area (Å²) in [5.74, 6) is -1.20. The highest BCUT2D eigenvalue weighted by molar-refractivity contribution is 6.06. The Kier molecular flexibility index (Phi) is 10.4. The first-order chi connectivity index (χ1) is 28.7. The molecule has 1 atom stereocenters. The Morgan fingerprint density at radius 2 is 1.73 bits per heavy atom. The molecule has 0 radical (unpaired) electrons. The highest BCUT2D eigenvalue weighted by Gasteiger charge is 2.40. The predicted octanol–water partition coefficient (Wildman–Crippen LogP) is 4.41. The first-order valence-electron chi connectivity index (χ1n) is 20.3. The van der Waals surface area contributed by atoms with E-state index < -0.39 is 11.9 Å². The summed E-state index contributed by atoms with van der Waals surface area (Å²) in [6, 6.07) is 16.8. The number of pyridine rings is 2. The number of piperidine rings is 1. The van der Waals surface area contributed by atoms with Crippen LogP contribution in [0, 0.1) is 0 Å². The molecule has 2 fully saturated rings. The average Bonchev–Trinajstić information content (AvgIpc) is 3.81. The second-order valence-corrected chi connectivity index (χ2v) is 15.5. The molecule has 302 valence electrons. The first kappa shape index (κ1) is 38.1. The summed E-state index contributed by atoms with van der Waals surface area (Å²) in [7, 11) is 0. The monoisotopic (exact) mass is 795 g/mol. The molecule has 9 rings (SSSR count). The standard InChI is InChI=1S/C44H45N9O6/c1-26(54)51-18-13-38-34(24-51)41(50-53(38)29-14-19-59-20-15-29)30-6-2-5-27-21-37(48-23-32(27)30)28-9-10-36(47-22-28)42(56)46-17-4-16-45-35-8-3-7-31-33(35)25-52(44(31)58)39-11-12-40(55)49-43(39)57/h2-3,5-10,21-23,29,39,45H,4,11-20,24-25H2,1H3,(H,46,56)(H,49,55,57). The lowest BCUT2D eigenvalue weighted by atomic mass is 9.96. The molecular formula is C44H45N9O6. The minimum atomic E-state index is -0.673. The van der Waals surface area contributed by atoms with Gasteiger partial charge in [-0.15, -0.1) is 0 Å². The number of benzene rings is 2. The van der Waals surface area contributed by atoms with Crippen LogP contribution in [0.2, 0.25) is 0 Å². The number of aromatic nitrogens is 4. The lowest BCUT2D eigenvalue weighted by Crippen LogP contribution is -2.52. The summed E-state index contributed by atoms with van der Waals surface area (Å²) >= 11 is 0. The number of carbonyl (C=O) groups excluding carboxylic acids is 5. The smallest absolute Gasteiger partial charge is 0.269 e. The molecule has 4 aliphatic heterocycles. The molecule has 15 nitrogen and oxygen atoms in total. The molecule has 2 saturated heterocycles. The maximum absolute atomic E-state index is 13.1. The number of hydrogen-bond acceptors (Lipinski definition) is 10. The molecule has 3 N–H and O–H groups in total. The van der Waals surface area contributed by atoms with Crippen LogP contribution in [0.3, 0.4) is 0 Å². The maximum Gasteiger partial charge on any atom is 0.269 e. The minimum absolute atomic E-state index is 0.0601. The van der Waals surface area contributed by atoms with E-state index in [-0.39, 0.29) is 42.6 Å². The van der Waals surface area contributed by atoms with Gasteiger partial charge in [0.1, 0.15) is 11.7 Å². The fourth-order valence-electron chi connectivity index (χ4n) is 8.73. The van der Waals surface area contributed by atoms with Crippen LogP contribution in [0.1, 0.15) is 82.7 Å². The lowest BCUT2D eigenvalue weighted by molar-refractivity contribution is -0.137. The maximum atomic E-state index is 13.1. The van der Waals surface area contributed by atoms with E-state index in [2.05, 4.69) is 37.7 Å². The van der Waals surface area contributed by atoms with Gasteiger partial charge in [-0.05, 0) is 61.4 Å². The topological polar surface area (TPSA) is 181 Å². The van der Waals surface area contributed by atoms with Crippen molar-refractivity contribution >= 4 is 46.0 Å². The van der Waals surface area contributed by atoms with E-state index in [4.69, 9.17) is 14.8 Å². The molecule has 2 aromatic carbocycles. The van der Waals surface area contributed by atoms with Crippen molar-refractivity contribution in [1.29, 1.82) is 0 Å². The van der Waals surface area contributed by atoms with Crippen LogP contribution in [0.25, 0.3) is 33.3 Å². The molecule has 4 aliphatic rings. The van der Waals surface area contributed by atoms with E-state index in [0.717, 1.165) is 69.4 Å². The summed E-state index contributed by atoms with van der Waals surface area (Å²) in [6.45, 7) is 5.50. The van der Waals surface area contributed by atoms with Gasteiger partial charge < -0.3 is 25.2 Å². The van der Waals surface area contributed by atoms with Gasteiger partial charge in [-0.25, -0.2) is 0 Å². The quantitative estimate of drug-likeness (QED) is 0.135. The van der Waals surface area contributed by atoms with Crippen LogP contribution in [0.5, 0.6) is 0 Å². The highest BCUT2D eigenvalue weighted by atomic mass is 16.5. The molecule has 0 bridgehead atoms. The van der Waals surface area contributed by atoms with Crippen molar-refractivity contribution in [1.82, 2.24) is 40.2 Å². The number of imide groups is 1. The SMILES string of the molecule is CC(=O)N1CCc2c(c(-c3cccc4cc(-c5ccc(C(=O)NCCCNc6cccc7c6CN(C6CCC(=O)NC6=O)C7=O)nc5)ncc34)nn2C2CCOCC2)C1. The zero-order valence-electron chi connectivity index (χ0n) is 32.8. The summed E-state index contributed by atoms with van der Waals surface area (Å²) in [4.78, 5) is 75.4. The summed E-state index contributed by atoms with van der Waals surface area (Å²) in [6.07, 6.45) is 7.25. The van der Waals surface area contributed by atoms with Gasteiger partial charge in [0.25, 0.3) is 11.8 Å². The molecule has 7 heterocycles. The zero-order chi connectivity index (χ0) is 40.6. The van der Waals surface area contributed by atoms with Gasteiger partial charge in [0, 0.05) is 123 Å². The number of ether oxygens (including phenoxy) is 1. The Bertz CT molecular complexity index is 2490. The molecule has 0 aliphatic carbocycles. The number of hydrogen-bond donors (Lipinski definition) is 3. The van der Waals surface area contributed by atoms with Crippen LogP contribution in [0.4, 0.5) is 5.69 Å².